The van der Waals surface area contributed by atoms with Gasteiger partial charge in [0.15, 0.2) is 5.17 Å². The van der Waals surface area contributed by atoms with Crippen LogP contribution < -0.4 is 5.32 Å². The number of rotatable bonds is 4. The average molecular weight is 404 g/mol. The summed E-state index contributed by atoms with van der Waals surface area (Å²) in [5.74, 6) is 0.148. The van der Waals surface area contributed by atoms with Crippen molar-refractivity contribution in [3.05, 3.63) is 64.1 Å². The topological polar surface area (TPSA) is 74.0 Å². The first kappa shape index (κ1) is 16.7. The number of thioether (sulfide) groups is 1. The summed E-state index contributed by atoms with van der Waals surface area (Å²) in [6.45, 7) is 0. The molecular weight excluding hydrogens is 390 g/mol. The highest BCUT2D eigenvalue weighted by molar-refractivity contribution is 9.10. The molecule has 1 atom stereocenters. The molecule has 1 fully saturated rings. The van der Waals surface area contributed by atoms with Crippen molar-refractivity contribution in [2.24, 2.45) is 10.2 Å². The van der Waals surface area contributed by atoms with Crippen LogP contribution in [0.25, 0.3) is 0 Å². The molecule has 0 saturated carbocycles. The van der Waals surface area contributed by atoms with Gasteiger partial charge in [-0.2, -0.15) is 5.10 Å². The number of amides is 1. The zero-order valence-electron chi connectivity index (χ0n) is 12.5. The van der Waals surface area contributed by atoms with Gasteiger partial charge in [-0.3, -0.25) is 4.79 Å². The van der Waals surface area contributed by atoms with Crippen LogP contribution in [0, 0.1) is 0 Å². The number of benzene rings is 2. The molecule has 7 heteroatoms. The zero-order valence-corrected chi connectivity index (χ0v) is 14.9. The molecule has 1 amide bonds. The molecule has 2 aromatic rings. The van der Waals surface area contributed by atoms with Crippen LogP contribution in [0.15, 0.2) is 63.2 Å². The van der Waals surface area contributed by atoms with Gasteiger partial charge in [0.1, 0.15) is 5.75 Å². The first-order chi connectivity index (χ1) is 11.6. The van der Waals surface area contributed by atoms with E-state index in [9.17, 15) is 9.90 Å². The van der Waals surface area contributed by atoms with Gasteiger partial charge in [0, 0.05) is 4.47 Å². The summed E-state index contributed by atoms with van der Waals surface area (Å²) in [4.78, 5) is 12.0. The Balaban J connectivity index is 1.61. The molecule has 2 aromatic carbocycles. The van der Waals surface area contributed by atoms with Crippen LogP contribution >= 0.6 is 27.7 Å². The van der Waals surface area contributed by atoms with Gasteiger partial charge in [0.05, 0.1) is 11.5 Å². The van der Waals surface area contributed by atoms with Crippen molar-refractivity contribution in [3.63, 3.8) is 0 Å². The predicted molar refractivity (Wildman–Crippen MR) is 101 cm³/mol. The molecule has 0 bridgehead atoms. The monoisotopic (exact) mass is 403 g/mol. The van der Waals surface area contributed by atoms with Crippen LogP contribution in [-0.4, -0.2) is 27.6 Å². The average Bonchev–Trinajstić information content (AvgIpc) is 2.91. The molecule has 0 radical (unpaired) electrons. The Hall–Kier alpha value is -2.12. The van der Waals surface area contributed by atoms with E-state index >= 15 is 0 Å². The Morgan fingerprint density at radius 3 is 2.58 bits per heavy atom. The second kappa shape index (κ2) is 7.63. The SMILES string of the molecule is O=C1N/C(=N\N=C\c2ccc(O)cc2)S[C@H]1Cc1ccc(Br)cc1. The van der Waals surface area contributed by atoms with Gasteiger partial charge in [-0.15, -0.1) is 5.10 Å². The largest absolute Gasteiger partial charge is 0.508 e. The van der Waals surface area contributed by atoms with Gasteiger partial charge in [-0.1, -0.05) is 39.8 Å². The van der Waals surface area contributed by atoms with Crippen LogP contribution in [0.3, 0.4) is 0 Å². The molecule has 24 heavy (non-hydrogen) atoms. The number of phenols is 1. The Bertz CT molecular complexity index is 788. The lowest BCUT2D eigenvalue weighted by Gasteiger charge is -2.05. The molecule has 1 heterocycles. The Labute approximate surface area is 152 Å². The molecule has 0 spiro atoms. The highest BCUT2D eigenvalue weighted by Crippen LogP contribution is 2.24. The Kier molecular flexibility index (Phi) is 5.32. The summed E-state index contributed by atoms with van der Waals surface area (Å²) in [6, 6.07) is 14.5. The Morgan fingerprint density at radius 1 is 1.17 bits per heavy atom. The van der Waals surface area contributed by atoms with Crippen LogP contribution in [0.1, 0.15) is 11.1 Å². The quantitative estimate of drug-likeness (QED) is 0.607. The maximum absolute atomic E-state index is 12.0. The predicted octanol–water partition coefficient (Wildman–Crippen LogP) is 3.32. The van der Waals surface area contributed by atoms with E-state index in [1.54, 1.807) is 30.5 Å². The van der Waals surface area contributed by atoms with Crippen LogP contribution in [-0.2, 0) is 11.2 Å². The fourth-order valence-corrected chi connectivity index (χ4v) is 3.36. The molecule has 1 aliphatic rings. The van der Waals surface area contributed by atoms with Crippen LogP contribution in [0.4, 0.5) is 0 Å². The van der Waals surface area contributed by atoms with Crippen molar-refractivity contribution < 1.29 is 9.90 Å². The van der Waals surface area contributed by atoms with Gasteiger partial charge in [0.2, 0.25) is 5.91 Å². The second-order valence-electron chi connectivity index (χ2n) is 5.17. The molecular formula is C17H14BrN3O2S. The van der Waals surface area contributed by atoms with Gasteiger partial charge in [-0.05, 0) is 53.9 Å². The standard InChI is InChI=1S/C17H14BrN3O2S/c18-13-5-1-11(2-6-13)9-15-16(23)20-17(24-15)21-19-10-12-3-7-14(22)8-4-12/h1-8,10,15,22H,9H2,(H,20,21,23)/b19-10+/t15-/m0/s1. The second-order valence-corrected chi connectivity index (χ2v) is 7.27. The van der Waals surface area contributed by atoms with E-state index in [0.717, 1.165) is 15.6 Å². The van der Waals surface area contributed by atoms with Crippen molar-refractivity contribution >= 4 is 45.0 Å². The number of carbonyl (C=O) groups is 1. The first-order valence-corrected chi connectivity index (χ1v) is 8.89. The third kappa shape index (κ3) is 4.46. The van der Waals surface area contributed by atoms with E-state index < -0.39 is 0 Å². The number of hydrogen-bond acceptors (Lipinski definition) is 5. The maximum atomic E-state index is 12.0. The number of halogens is 1. The number of phenolic OH excluding ortho intramolecular Hbond substituents is 1. The van der Waals surface area contributed by atoms with Crippen molar-refractivity contribution in [2.45, 2.75) is 11.7 Å². The maximum Gasteiger partial charge on any atom is 0.239 e. The van der Waals surface area contributed by atoms with E-state index in [-0.39, 0.29) is 16.9 Å². The van der Waals surface area contributed by atoms with Gasteiger partial charge in [-0.25, -0.2) is 0 Å². The minimum Gasteiger partial charge on any atom is -0.508 e. The van der Waals surface area contributed by atoms with Gasteiger partial charge in [0.25, 0.3) is 0 Å². The molecule has 5 nitrogen and oxygen atoms in total. The van der Waals surface area contributed by atoms with Crippen molar-refractivity contribution in [3.8, 4) is 5.75 Å². The third-order valence-corrected chi connectivity index (χ3v) is 4.96. The molecule has 3 rings (SSSR count). The highest BCUT2D eigenvalue weighted by atomic mass is 79.9. The van der Waals surface area contributed by atoms with Crippen molar-refractivity contribution in [2.75, 3.05) is 0 Å². The number of carbonyl (C=O) groups excluding carboxylic acids is 1. The lowest BCUT2D eigenvalue weighted by atomic mass is 10.1. The first-order valence-electron chi connectivity index (χ1n) is 7.22. The third-order valence-electron chi connectivity index (χ3n) is 3.36. The summed E-state index contributed by atoms with van der Waals surface area (Å²) in [5, 5.41) is 20.3. The van der Waals surface area contributed by atoms with Gasteiger partial charge < -0.3 is 10.4 Å². The van der Waals surface area contributed by atoms with Crippen LogP contribution in [0.5, 0.6) is 5.75 Å². The number of hydrogen-bond donors (Lipinski definition) is 2. The van der Waals surface area contributed by atoms with E-state index in [4.69, 9.17) is 0 Å². The molecule has 0 aliphatic carbocycles. The molecule has 0 aromatic heterocycles. The molecule has 2 N–H and O–H groups in total. The number of nitrogens with one attached hydrogen (secondary N) is 1. The highest BCUT2D eigenvalue weighted by Gasteiger charge is 2.30. The molecule has 0 unspecified atom stereocenters. The van der Waals surface area contributed by atoms with Crippen molar-refractivity contribution in [1.82, 2.24) is 5.32 Å². The lowest BCUT2D eigenvalue weighted by molar-refractivity contribution is -0.118. The molecule has 1 aliphatic heterocycles. The van der Waals surface area contributed by atoms with Gasteiger partial charge >= 0.3 is 0 Å². The summed E-state index contributed by atoms with van der Waals surface area (Å²) < 4.78 is 1.01. The van der Waals surface area contributed by atoms with Crippen LogP contribution in [0.2, 0.25) is 0 Å². The van der Waals surface area contributed by atoms with Crippen molar-refractivity contribution in [1.29, 1.82) is 0 Å². The smallest absolute Gasteiger partial charge is 0.239 e. The zero-order chi connectivity index (χ0) is 16.9. The number of aromatic hydroxyl groups is 1. The van der Waals surface area contributed by atoms with E-state index in [1.807, 2.05) is 24.3 Å². The molecule has 1 saturated heterocycles. The van der Waals surface area contributed by atoms with E-state index in [1.165, 1.54) is 11.8 Å². The lowest BCUT2D eigenvalue weighted by Crippen LogP contribution is -2.25. The number of nitrogens with zero attached hydrogens (tertiary/aromatic N) is 2. The summed E-state index contributed by atoms with van der Waals surface area (Å²) in [6.07, 6.45) is 2.21. The fourth-order valence-electron chi connectivity index (χ4n) is 2.13. The summed E-state index contributed by atoms with van der Waals surface area (Å²) in [7, 11) is 0. The Morgan fingerprint density at radius 2 is 1.88 bits per heavy atom. The van der Waals surface area contributed by atoms with E-state index in [2.05, 4.69) is 31.4 Å². The normalized spacial score (nSPS) is 19.1. The molecule has 122 valence electrons. The minimum absolute atomic E-state index is 0.0542. The number of amidine groups is 1. The van der Waals surface area contributed by atoms with E-state index in [0.29, 0.717) is 11.6 Å². The minimum atomic E-state index is -0.200. The summed E-state index contributed by atoms with van der Waals surface area (Å²) >= 11 is 4.78. The summed E-state index contributed by atoms with van der Waals surface area (Å²) in [5.41, 5.74) is 1.91. The fraction of sp³-hybridized carbons (Fsp3) is 0.118.